The molecular formula is C17H18N2O6S. The topological polar surface area (TPSA) is 125 Å². The van der Waals surface area contributed by atoms with Crippen molar-refractivity contribution in [1.29, 1.82) is 0 Å². The van der Waals surface area contributed by atoms with Crippen molar-refractivity contribution >= 4 is 45.0 Å². The maximum absolute atomic E-state index is 12.2. The Labute approximate surface area is 153 Å². The van der Waals surface area contributed by atoms with Gasteiger partial charge in [0, 0.05) is 15.0 Å². The summed E-state index contributed by atoms with van der Waals surface area (Å²) in [5, 5.41) is 2.80. The van der Waals surface area contributed by atoms with Crippen LogP contribution in [0.1, 0.15) is 22.2 Å². The number of esters is 1. The van der Waals surface area contributed by atoms with Gasteiger partial charge in [0.25, 0.3) is 17.6 Å². The van der Waals surface area contributed by atoms with E-state index in [1.807, 2.05) is 6.92 Å². The van der Waals surface area contributed by atoms with Gasteiger partial charge in [-0.15, -0.1) is 11.3 Å². The van der Waals surface area contributed by atoms with Crippen LogP contribution in [0.2, 0.25) is 0 Å². The third-order valence-electron chi connectivity index (χ3n) is 3.54. The van der Waals surface area contributed by atoms with Crippen LogP contribution in [0.5, 0.6) is 5.75 Å². The fraction of sp³-hybridized carbons (Fsp3) is 0.294. The van der Waals surface area contributed by atoms with E-state index < -0.39 is 23.6 Å². The minimum absolute atomic E-state index is 0.213. The van der Waals surface area contributed by atoms with E-state index in [-0.39, 0.29) is 24.5 Å². The van der Waals surface area contributed by atoms with Crippen molar-refractivity contribution in [2.24, 2.45) is 5.73 Å². The van der Waals surface area contributed by atoms with Crippen LogP contribution in [-0.2, 0) is 25.5 Å². The number of fused-ring (bicyclic) bond motifs is 1. The molecule has 0 saturated heterocycles. The second-order valence-electron chi connectivity index (χ2n) is 5.22. The monoisotopic (exact) mass is 378 g/mol. The Morgan fingerprint density at radius 1 is 1.23 bits per heavy atom. The molecule has 0 aliphatic heterocycles. The zero-order valence-corrected chi connectivity index (χ0v) is 15.1. The lowest BCUT2D eigenvalue weighted by atomic mass is 10.0. The molecule has 2 aromatic rings. The Hall–Kier alpha value is -2.94. The van der Waals surface area contributed by atoms with E-state index in [0.717, 1.165) is 9.58 Å². The number of ketones is 1. The van der Waals surface area contributed by atoms with Crippen molar-refractivity contribution in [3.8, 4) is 5.75 Å². The van der Waals surface area contributed by atoms with Gasteiger partial charge >= 0.3 is 5.97 Å². The summed E-state index contributed by atoms with van der Waals surface area (Å²) in [5.74, 6) is -2.66. The number of ether oxygens (including phenoxy) is 2. The molecule has 0 aliphatic carbocycles. The van der Waals surface area contributed by atoms with Crippen molar-refractivity contribution in [3.63, 3.8) is 0 Å². The summed E-state index contributed by atoms with van der Waals surface area (Å²) < 4.78 is 10.7. The highest BCUT2D eigenvalue weighted by Gasteiger charge is 2.24. The van der Waals surface area contributed by atoms with E-state index >= 15 is 0 Å². The van der Waals surface area contributed by atoms with E-state index in [1.165, 1.54) is 18.4 Å². The zero-order chi connectivity index (χ0) is 19.3. The second-order valence-corrected chi connectivity index (χ2v) is 6.35. The van der Waals surface area contributed by atoms with E-state index in [0.29, 0.717) is 11.8 Å². The number of carbonyl (C=O) groups excluding carboxylic acids is 4. The number of aryl methyl sites for hydroxylation is 1. The maximum atomic E-state index is 12.2. The molecule has 2 rings (SSSR count). The highest BCUT2D eigenvalue weighted by molar-refractivity contribution is 7.19. The SMILES string of the molecule is CCc1sc2cccc(OCC(=O)NCC(=O)OC)c2c1C(=O)C(N)=O. The molecule has 1 aromatic heterocycles. The molecule has 9 heteroatoms. The Kier molecular flexibility index (Phi) is 6.29. The largest absolute Gasteiger partial charge is 0.483 e. The average molecular weight is 378 g/mol. The van der Waals surface area contributed by atoms with Gasteiger partial charge in [0.05, 0.1) is 12.7 Å². The number of nitrogens with two attached hydrogens (primary N) is 1. The van der Waals surface area contributed by atoms with Crippen LogP contribution < -0.4 is 15.8 Å². The summed E-state index contributed by atoms with van der Waals surface area (Å²) in [6.45, 7) is 1.23. The van der Waals surface area contributed by atoms with Gasteiger partial charge in [0.1, 0.15) is 12.3 Å². The predicted octanol–water partition coefficient (Wildman–Crippen LogP) is 0.800. The van der Waals surface area contributed by atoms with Crippen LogP contribution in [0.3, 0.4) is 0 Å². The molecule has 1 heterocycles. The molecule has 0 fully saturated rings. The molecule has 2 amide bonds. The molecule has 26 heavy (non-hydrogen) atoms. The third-order valence-corrected chi connectivity index (χ3v) is 4.84. The molecule has 3 N–H and O–H groups in total. The minimum Gasteiger partial charge on any atom is -0.483 e. The first-order valence-electron chi connectivity index (χ1n) is 7.73. The van der Waals surface area contributed by atoms with Gasteiger partial charge < -0.3 is 20.5 Å². The number of thiophene rings is 1. The number of hydrogen-bond acceptors (Lipinski definition) is 7. The maximum Gasteiger partial charge on any atom is 0.325 e. The zero-order valence-electron chi connectivity index (χ0n) is 14.3. The second kappa shape index (κ2) is 8.43. The van der Waals surface area contributed by atoms with E-state index in [2.05, 4.69) is 10.1 Å². The number of amides is 2. The molecule has 0 bridgehead atoms. The molecule has 8 nitrogen and oxygen atoms in total. The third kappa shape index (κ3) is 4.17. The van der Waals surface area contributed by atoms with Gasteiger partial charge in [0.15, 0.2) is 6.61 Å². The number of nitrogens with one attached hydrogen (secondary N) is 1. The summed E-state index contributed by atoms with van der Waals surface area (Å²) in [7, 11) is 1.21. The fourth-order valence-corrected chi connectivity index (χ4v) is 3.49. The van der Waals surface area contributed by atoms with Crippen molar-refractivity contribution in [3.05, 3.63) is 28.6 Å². The molecule has 0 unspecified atom stereocenters. The Morgan fingerprint density at radius 3 is 2.58 bits per heavy atom. The van der Waals surface area contributed by atoms with Gasteiger partial charge in [-0.2, -0.15) is 0 Å². The highest BCUT2D eigenvalue weighted by Crippen LogP contribution is 2.38. The number of benzene rings is 1. The normalized spacial score (nSPS) is 10.4. The lowest BCUT2D eigenvalue weighted by Gasteiger charge is -2.09. The fourth-order valence-electron chi connectivity index (χ4n) is 2.34. The van der Waals surface area contributed by atoms with Crippen LogP contribution in [0.25, 0.3) is 10.1 Å². The quantitative estimate of drug-likeness (QED) is 0.398. The van der Waals surface area contributed by atoms with Crippen LogP contribution in [0.4, 0.5) is 0 Å². The van der Waals surface area contributed by atoms with E-state index in [9.17, 15) is 19.2 Å². The van der Waals surface area contributed by atoms with Crippen molar-refractivity contribution in [2.45, 2.75) is 13.3 Å². The van der Waals surface area contributed by atoms with Gasteiger partial charge in [-0.1, -0.05) is 13.0 Å². The average Bonchev–Trinajstić information content (AvgIpc) is 3.02. The highest BCUT2D eigenvalue weighted by atomic mass is 32.1. The molecule has 0 atom stereocenters. The lowest BCUT2D eigenvalue weighted by molar-refractivity contribution is -0.141. The lowest BCUT2D eigenvalue weighted by Crippen LogP contribution is -2.33. The number of carbonyl (C=O) groups is 4. The summed E-state index contributed by atoms with van der Waals surface area (Å²) in [4.78, 5) is 47.2. The first kappa shape index (κ1) is 19.4. The Bertz CT molecular complexity index is 874. The van der Waals surface area contributed by atoms with Gasteiger partial charge in [0.2, 0.25) is 0 Å². The Morgan fingerprint density at radius 2 is 1.96 bits per heavy atom. The molecule has 138 valence electrons. The van der Waals surface area contributed by atoms with Gasteiger partial charge in [-0.25, -0.2) is 0 Å². The summed E-state index contributed by atoms with van der Waals surface area (Å²) in [5.41, 5.74) is 5.38. The standard InChI is InChI=1S/C17H18N2O6S/c1-3-10-15(16(22)17(18)23)14-9(5-4-6-11(14)26-10)25-8-12(20)19-7-13(21)24-2/h4-6H,3,7-8H2,1-2H3,(H2,18,23)(H,19,20). The minimum atomic E-state index is -1.05. The number of Topliss-reactive ketones (excluding diaryl/α,β-unsaturated/α-hetero) is 1. The van der Waals surface area contributed by atoms with Crippen LogP contribution in [0, 0.1) is 0 Å². The molecule has 0 radical (unpaired) electrons. The molecule has 0 aliphatic rings. The first-order valence-corrected chi connectivity index (χ1v) is 8.55. The van der Waals surface area contributed by atoms with Crippen molar-refractivity contribution in [2.75, 3.05) is 20.3 Å². The van der Waals surface area contributed by atoms with Crippen molar-refractivity contribution in [1.82, 2.24) is 5.32 Å². The molecule has 1 aromatic carbocycles. The van der Waals surface area contributed by atoms with Crippen molar-refractivity contribution < 1.29 is 28.7 Å². The van der Waals surface area contributed by atoms with Crippen LogP contribution in [0.15, 0.2) is 18.2 Å². The number of hydrogen-bond donors (Lipinski definition) is 2. The first-order chi connectivity index (χ1) is 12.4. The number of primary amides is 1. The van der Waals surface area contributed by atoms with E-state index in [1.54, 1.807) is 18.2 Å². The predicted molar refractivity (Wildman–Crippen MR) is 95.2 cm³/mol. The smallest absolute Gasteiger partial charge is 0.325 e. The summed E-state index contributed by atoms with van der Waals surface area (Å²) in [6, 6.07) is 5.11. The van der Waals surface area contributed by atoms with Crippen LogP contribution in [-0.4, -0.2) is 43.8 Å². The number of methoxy groups -OCH3 is 1. The summed E-state index contributed by atoms with van der Waals surface area (Å²) in [6.07, 6.45) is 0.548. The van der Waals surface area contributed by atoms with Gasteiger partial charge in [-0.05, 0) is 18.6 Å². The molecule has 0 spiro atoms. The molecular weight excluding hydrogens is 360 g/mol. The molecule has 0 saturated carbocycles. The Balaban J connectivity index is 2.29. The number of rotatable bonds is 8. The van der Waals surface area contributed by atoms with Gasteiger partial charge in [-0.3, -0.25) is 19.2 Å². The van der Waals surface area contributed by atoms with E-state index in [4.69, 9.17) is 10.5 Å². The summed E-state index contributed by atoms with van der Waals surface area (Å²) >= 11 is 1.36. The van der Waals surface area contributed by atoms with Crippen LogP contribution >= 0.6 is 11.3 Å².